The summed E-state index contributed by atoms with van der Waals surface area (Å²) in [4.78, 5) is 15.8. The Hall–Kier alpha value is -1.96. The van der Waals surface area contributed by atoms with Crippen molar-refractivity contribution < 1.29 is 27.4 Å². The van der Waals surface area contributed by atoms with E-state index in [2.05, 4.69) is 9.64 Å². The van der Waals surface area contributed by atoms with Crippen LogP contribution in [0.2, 0.25) is 0 Å². The van der Waals surface area contributed by atoms with Crippen LogP contribution in [-0.2, 0) is 4.79 Å². The predicted octanol–water partition coefficient (Wildman–Crippen LogP) is 1.74. The fourth-order valence-electron chi connectivity index (χ4n) is 2.03. The molecule has 1 aliphatic heterocycles. The Labute approximate surface area is 126 Å². The third kappa shape index (κ3) is 5.10. The molecule has 22 heavy (non-hydrogen) atoms. The first kappa shape index (κ1) is 16.4. The van der Waals surface area contributed by atoms with Crippen molar-refractivity contribution in [1.29, 1.82) is 0 Å². The highest BCUT2D eigenvalue weighted by Crippen LogP contribution is 2.24. The quantitative estimate of drug-likeness (QED) is 0.848. The van der Waals surface area contributed by atoms with Gasteiger partial charge in [0.2, 0.25) is 0 Å². The summed E-state index contributed by atoms with van der Waals surface area (Å²) in [6, 6.07) is 4.95. The topological polar surface area (TPSA) is 42.0 Å². The van der Waals surface area contributed by atoms with Gasteiger partial charge in [-0.1, -0.05) is 0 Å². The van der Waals surface area contributed by atoms with E-state index < -0.39 is 6.36 Å². The van der Waals surface area contributed by atoms with Crippen LogP contribution in [0.4, 0.5) is 13.2 Å². The number of carbonyl (C=O) groups is 1. The fraction of sp³-hybridized carbons (Fsp3) is 0.500. The van der Waals surface area contributed by atoms with Crippen molar-refractivity contribution in [2.75, 3.05) is 39.8 Å². The molecule has 1 aromatic rings. The van der Waals surface area contributed by atoms with Gasteiger partial charge in [-0.05, 0) is 31.3 Å². The lowest BCUT2D eigenvalue weighted by atomic mass is 10.3. The number of hydrogen-bond acceptors (Lipinski definition) is 4. The van der Waals surface area contributed by atoms with Gasteiger partial charge in [0.05, 0.1) is 0 Å². The first-order valence-electron chi connectivity index (χ1n) is 6.78. The minimum atomic E-state index is -4.72. The number of rotatable bonds is 4. The van der Waals surface area contributed by atoms with Crippen LogP contribution in [0.25, 0.3) is 0 Å². The van der Waals surface area contributed by atoms with Crippen molar-refractivity contribution in [1.82, 2.24) is 9.80 Å². The number of carbonyl (C=O) groups excluding carboxylic acids is 1. The second kappa shape index (κ2) is 6.87. The predicted molar refractivity (Wildman–Crippen MR) is 72.7 cm³/mol. The lowest BCUT2D eigenvalue weighted by Crippen LogP contribution is -2.48. The Balaban J connectivity index is 1.80. The summed E-state index contributed by atoms with van der Waals surface area (Å²) < 4.78 is 45.1. The number of halogens is 3. The second-order valence-electron chi connectivity index (χ2n) is 4.99. The summed E-state index contributed by atoms with van der Waals surface area (Å²) in [7, 11) is 1.99. The summed E-state index contributed by atoms with van der Waals surface area (Å²) >= 11 is 0. The molecule has 8 heteroatoms. The SMILES string of the molecule is CN1CCN(C(=O)COc2ccc(OC(F)(F)F)cc2)CC1. The van der Waals surface area contributed by atoms with Crippen molar-refractivity contribution >= 4 is 5.91 Å². The lowest BCUT2D eigenvalue weighted by molar-refractivity contribution is -0.274. The van der Waals surface area contributed by atoms with Crippen LogP contribution in [0.5, 0.6) is 11.5 Å². The molecule has 0 unspecified atom stereocenters. The van der Waals surface area contributed by atoms with Gasteiger partial charge in [-0.2, -0.15) is 0 Å². The number of piperazine rings is 1. The van der Waals surface area contributed by atoms with Gasteiger partial charge in [-0.15, -0.1) is 13.2 Å². The molecule has 0 saturated carbocycles. The van der Waals surface area contributed by atoms with Crippen LogP contribution in [-0.4, -0.2) is 61.9 Å². The van der Waals surface area contributed by atoms with Crippen molar-refractivity contribution in [3.05, 3.63) is 24.3 Å². The van der Waals surface area contributed by atoms with Gasteiger partial charge in [0, 0.05) is 26.2 Å². The fourth-order valence-corrected chi connectivity index (χ4v) is 2.03. The van der Waals surface area contributed by atoms with Gasteiger partial charge in [-0.3, -0.25) is 4.79 Å². The number of alkyl halides is 3. The average Bonchev–Trinajstić information content (AvgIpc) is 2.45. The van der Waals surface area contributed by atoms with Gasteiger partial charge >= 0.3 is 6.36 Å². The summed E-state index contributed by atoms with van der Waals surface area (Å²) in [5, 5.41) is 0. The third-order valence-corrected chi connectivity index (χ3v) is 3.28. The van der Waals surface area contributed by atoms with Crippen LogP contribution in [0, 0.1) is 0 Å². The first-order chi connectivity index (χ1) is 10.3. The number of nitrogens with zero attached hydrogens (tertiary/aromatic N) is 2. The second-order valence-corrected chi connectivity index (χ2v) is 4.99. The van der Waals surface area contributed by atoms with Gasteiger partial charge in [-0.25, -0.2) is 0 Å². The summed E-state index contributed by atoms with van der Waals surface area (Å²) in [5.41, 5.74) is 0. The molecule has 0 N–H and O–H groups in total. The van der Waals surface area contributed by atoms with Crippen LogP contribution in [0.1, 0.15) is 0 Å². The summed E-state index contributed by atoms with van der Waals surface area (Å²) in [6.07, 6.45) is -4.72. The van der Waals surface area contributed by atoms with Crippen LogP contribution < -0.4 is 9.47 Å². The Morgan fingerprint density at radius 1 is 1.09 bits per heavy atom. The molecule has 1 fully saturated rings. The maximum Gasteiger partial charge on any atom is 0.573 e. The number of benzene rings is 1. The summed E-state index contributed by atoms with van der Waals surface area (Å²) in [6.45, 7) is 2.79. The maximum atomic E-state index is 12.0. The molecule has 2 rings (SSSR count). The Morgan fingerprint density at radius 3 is 2.18 bits per heavy atom. The van der Waals surface area contributed by atoms with E-state index >= 15 is 0 Å². The molecule has 122 valence electrons. The molecule has 1 saturated heterocycles. The van der Waals surface area contributed by atoms with E-state index in [9.17, 15) is 18.0 Å². The van der Waals surface area contributed by atoms with Crippen molar-refractivity contribution in [2.45, 2.75) is 6.36 Å². The molecule has 0 bridgehead atoms. The zero-order valence-electron chi connectivity index (χ0n) is 12.1. The molecule has 0 spiro atoms. The zero-order chi connectivity index (χ0) is 16.2. The number of amides is 1. The Morgan fingerprint density at radius 2 is 1.64 bits per heavy atom. The number of hydrogen-bond donors (Lipinski definition) is 0. The van der Waals surface area contributed by atoms with Gasteiger partial charge in [0.1, 0.15) is 11.5 Å². The minimum Gasteiger partial charge on any atom is -0.484 e. The molecular formula is C14H17F3N2O3. The molecular weight excluding hydrogens is 301 g/mol. The van der Waals surface area contributed by atoms with Crippen LogP contribution in [0.15, 0.2) is 24.3 Å². The van der Waals surface area contributed by atoms with Crippen molar-refractivity contribution in [3.63, 3.8) is 0 Å². The van der Waals surface area contributed by atoms with E-state index in [1.807, 2.05) is 7.05 Å². The van der Waals surface area contributed by atoms with Crippen molar-refractivity contribution in [2.24, 2.45) is 0 Å². The number of likely N-dealkylation sites (N-methyl/N-ethyl adjacent to an activating group) is 1. The van der Waals surface area contributed by atoms with E-state index in [0.29, 0.717) is 18.8 Å². The normalized spacial score (nSPS) is 16.5. The molecule has 1 amide bonds. The largest absolute Gasteiger partial charge is 0.573 e. The lowest BCUT2D eigenvalue weighted by Gasteiger charge is -2.32. The molecule has 5 nitrogen and oxygen atoms in total. The van der Waals surface area contributed by atoms with Crippen molar-refractivity contribution in [3.8, 4) is 11.5 Å². The molecule has 0 radical (unpaired) electrons. The van der Waals surface area contributed by atoms with E-state index in [1.54, 1.807) is 4.90 Å². The molecule has 1 heterocycles. The van der Waals surface area contributed by atoms with E-state index in [1.165, 1.54) is 12.1 Å². The summed E-state index contributed by atoms with van der Waals surface area (Å²) in [5.74, 6) is -0.147. The molecule has 0 aliphatic carbocycles. The van der Waals surface area contributed by atoms with Gasteiger partial charge in [0.25, 0.3) is 5.91 Å². The minimum absolute atomic E-state index is 0.135. The van der Waals surface area contributed by atoms with E-state index in [-0.39, 0.29) is 18.3 Å². The van der Waals surface area contributed by atoms with Gasteiger partial charge in [0.15, 0.2) is 6.61 Å². The average molecular weight is 318 g/mol. The van der Waals surface area contributed by atoms with E-state index in [4.69, 9.17) is 4.74 Å². The first-order valence-corrected chi connectivity index (χ1v) is 6.78. The Kier molecular flexibility index (Phi) is 5.12. The van der Waals surface area contributed by atoms with Gasteiger partial charge < -0.3 is 19.3 Å². The van der Waals surface area contributed by atoms with E-state index in [0.717, 1.165) is 25.2 Å². The molecule has 0 aromatic heterocycles. The third-order valence-electron chi connectivity index (χ3n) is 3.28. The smallest absolute Gasteiger partial charge is 0.484 e. The molecule has 1 aromatic carbocycles. The molecule has 0 atom stereocenters. The van der Waals surface area contributed by atoms with Crippen LogP contribution >= 0.6 is 0 Å². The van der Waals surface area contributed by atoms with Crippen LogP contribution in [0.3, 0.4) is 0 Å². The highest BCUT2D eigenvalue weighted by Gasteiger charge is 2.31. The highest BCUT2D eigenvalue weighted by atomic mass is 19.4. The highest BCUT2D eigenvalue weighted by molar-refractivity contribution is 5.77. The zero-order valence-corrected chi connectivity index (χ0v) is 12.1. The maximum absolute atomic E-state index is 12.0. The Bertz CT molecular complexity index is 497. The number of ether oxygens (including phenoxy) is 2. The monoisotopic (exact) mass is 318 g/mol. The molecule has 1 aliphatic rings. The standard InChI is InChI=1S/C14H17F3N2O3/c1-18-6-8-19(9-7-18)13(20)10-21-11-2-4-12(5-3-11)22-14(15,16)17/h2-5H,6-10H2,1H3.